The maximum atomic E-state index is 12.1. The number of amides is 1. The number of hydrogen-bond donors (Lipinski definition) is 0. The molecule has 0 aromatic heterocycles. The molecule has 1 atom stereocenters. The molecule has 1 aliphatic heterocycles. The average molecular weight is 260 g/mol. The highest BCUT2D eigenvalue weighted by Crippen LogP contribution is 2.33. The third-order valence-electron chi connectivity index (χ3n) is 3.48. The number of carbonyl (C=O) groups is 1. The van der Waals surface area contributed by atoms with Gasteiger partial charge in [0.25, 0.3) is 0 Å². The molecule has 17 heavy (non-hydrogen) atoms. The molecule has 98 valence electrons. The topological polar surface area (TPSA) is 57.7 Å². The Kier molecular flexibility index (Phi) is 3.45. The van der Waals surface area contributed by atoms with Crippen molar-refractivity contribution in [3.8, 4) is 0 Å². The monoisotopic (exact) mass is 260 g/mol. The Balaban J connectivity index is 2.04. The highest BCUT2D eigenvalue weighted by Gasteiger charge is 2.42. The molecule has 0 N–H and O–H groups in total. The molecule has 0 radical (unpaired) electrons. The predicted octanol–water partition coefficient (Wildman–Crippen LogP) is 0.279. The molecule has 6 heteroatoms. The molecule has 1 saturated heterocycles. The molecule has 0 unspecified atom stereocenters. The van der Waals surface area contributed by atoms with E-state index in [1.807, 2.05) is 0 Å². The molecule has 1 aliphatic carbocycles. The number of piperidine rings is 1. The minimum absolute atomic E-state index is 0.0423. The highest BCUT2D eigenvalue weighted by molar-refractivity contribution is 7.90. The average Bonchev–Trinajstić information content (AvgIpc) is 3.12. The summed E-state index contributed by atoms with van der Waals surface area (Å²) >= 11 is 0. The van der Waals surface area contributed by atoms with E-state index in [0.717, 1.165) is 25.7 Å². The summed E-state index contributed by atoms with van der Waals surface area (Å²) in [5.41, 5.74) is 0. The quantitative estimate of drug-likeness (QED) is 0.732. The molecule has 2 aliphatic rings. The Bertz CT molecular complexity index is 401. The summed E-state index contributed by atoms with van der Waals surface area (Å²) in [5, 5.41) is -0.171. The van der Waals surface area contributed by atoms with Crippen molar-refractivity contribution in [3.05, 3.63) is 0 Å². The van der Waals surface area contributed by atoms with Crippen molar-refractivity contribution in [1.29, 1.82) is 0 Å². The van der Waals surface area contributed by atoms with Gasteiger partial charge in [-0.3, -0.25) is 4.79 Å². The third-order valence-corrected chi connectivity index (χ3v) is 5.84. The second kappa shape index (κ2) is 4.57. The fourth-order valence-corrected chi connectivity index (χ4v) is 4.24. The molecule has 5 nitrogen and oxygen atoms in total. The zero-order valence-electron chi connectivity index (χ0n) is 10.4. The number of nitrogens with zero attached hydrogens (tertiary/aromatic N) is 2. The van der Waals surface area contributed by atoms with Crippen LogP contribution in [0.15, 0.2) is 0 Å². The second-order valence-electron chi connectivity index (χ2n) is 5.17. The number of hydrogen-bond acceptors (Lipinski definition) is 3. The van der Waals surface area contributed by atoms with Gasteiger partial charge in [0, 0.05) is 27.2 Å². The van der Waals surface area contributed by atoms with E-state index in [9.17, 15) is 13.2 Å². The van der Waals surface area contributed by atoms with Gasteiger partial charge >= 0.3 is 0 Å². The first kappa shape index (κ1) is 12.8. The van der Waals surface area contributed by atoms with Crippen LogP contribution >= 0.6 is 0 Å². The minimum atomic E-state index is -3.12. The van der Waals surface area contributed by atoms with Crippen LogP contribution in [-0.2, 0) is 14.8 Å². The highest BCUT2D eigenvalue weighted by atomic mass is 32.2. The maximum absolute atomic E-state index is 12.1. The first-order valence-corrected chi connectivity index (χ1v) is 7.63. The molecule has 0 aromatic rings. The van der Waals surface area contributed by atoms with Crippen LogP contribution in [0.25, 0.3) is 0 Å². The molecule has 0 spiro atoms. The Morgan fingerprint density at radius 2 is 1.88 bits per heavy atom. The molecule has 0 aromatic carbocycles. The van der Waals surface area contributed by atoms with E-state index < -0.39 is 10.0 Å². The van der Waals surface area contributed by atoms with Crippen molar-refractivity contribution in [2.45, 2.75) is 30.9 Å². The SMILES string of the molecule is CN(C)C(=O)[C@@H]1CCCN(S(=O)(=O)C2CC2)C1. The summed E-state index contributed by atoms with van der Waals surface area (Å²) in [6, 6.07) is 0. The molecule has 2 rings (SSSR count). The van der Waals surface area contributed by atoms with E-state index >= 15 is 0 Å². The first-order chi connectivity index (χ1) is 7.93. The Morgan fingerprint density at radius 3 is 2.41 bits per heavy atom. The number of carbonyl (C=O) groups excluding carboxylic acids is 1. The summed E-state index contributed by atoms with van der Waals surface area (Å²) in [5.74, 6) is -0.118. The van der Waals surface area contributed by atoms with E-state index in [2.05, 4.69) is 0 Å². The zero-order chi connectivity index (χ0) is 12.6. The van der Waals surface area contributed by atoms with E-state index in [1.165, 1.54) is 4.31 Å². The molecular formula is C11H20N2O3S. The van der Waals surface area contributed by atoms with Crippen LogP contribution in [0, 0.1) is 5.92 Å². The Morgan fingerprint density at radius 1 is 1.24 bits per heavy atom. The lowest BCUT2D eigenvalue weighted by Gasteiger charge is -2.32. The van der Waals surface area contributed by atoms with E-state index in [0.29, 0.717) is 13.1 Å². The Hall–Kier alpha value is -0.620. The molecule has 0 bridgehead atoms. The number of sulfonamides is 1. The van der Waals surface area contributed by atoms with E-state index in [1.54, 1.807) is 19.0 Å². The van der Waals surface area contributed by atoms with Crippen LogP contribution in [0.5, 0.6) is 0 Å². The molecular weight excluding hydrogens is 240 g/mol. The Labute approximate surface area is 103 Å². The normalized spacial score (nSPS) is 26.8. The van der Waals surface area contributed by atoms with Crippen molar-refractivity contribution in [3.63, 3.8) is 0 Å². The van der Waals surface area contributed by atoms with Crippen LogP contribution in [0.3, 0.4) is 0 Å². The minimum Gasteiger partial charge on any atom is -0.349 e. The van der Waals surface area contributed by atoms with E-state index in [-0.39, 0.29) is 17.1 Å². The predicted molar refractivity (Wildman–Crippen MR) is 64.9 cm³/mol. The lowest BCUT2D eigenvalue weighted by Crippen LogP contribution is -2.46. The van der Waals surface area contributed by atoms with Gasteiger partial charge in [-0.15, -0.1) is 0 Å². The van der Waals surface area contributed by atoms with Gasteiger partial charge in [-0.1, -0.05) is 0 Å². The summed E-state index contributed by atoms with van der Waals surface area (Å²) in [6.07, 6.45) is 3.15. The summed E-state index contributed by atoms with van der Waals surface area (Å²) in [6.45, 7) is 0.950. The molecule has 1 saturated carbocycles. The van der Waals surface area contributed by atoms with Gasteiger partial charge in [-0.2, -0.15) is 0 Å². The smallest absolute Gasteiger partial charge is 0.226 e. The van der Waals surface area contributed by atoms with Gasteiger partial charge in [0.1, 0.15) is 0 Å². The standard InChI is InChI=1S/C11H20N2O3S/c1-12(2)11(14)9-4-3-7-13(8-9)17(15,16)10-5-6-10/h9-10H,3-8H2,1-2H3/t9-/m1/s1. The van der Waals surface area contributed by atoms with Gasteiger partial charge in [0.15, 0.2) is 0 Å². The second-order valence-corrected chi connectivity index (χ2v) is 7.39. The maximum Gasteiger partial charge on any atom is 0.226 e. The number of rotatable bonds is 3. The van der Waals surface area contributed by atoms with Crippen molar-refractivity contribution in [1.82, 2.24) is 9.21 Å². The molecule has 1 amide bonds. The van der Waals surface area contributed by atoms with Gasteiger partial charge in [-0.05, 0) is 25.7 Å². The van der Waals surface area contributed by atoms with Gasteiger partial charge in [0.2, 0.25) is 15.9 Å². The van der Waals surface area contributed by atoms with Crippen LogP contribution in [0.2, 0.25) is 0 Å². The van der Waals surface area contributed by atoms with Crippen molar-refractivity contribution in [2.24, 2.45) is 5.92 Å². The van der Waals surface area contributed by atoms with E-state index in [4.69, 9.17) is 0 Å². The van der Waals surface area contributed by atoms with Crippen molar-refractivity contribution < 1.29 is 13.2 Å². The zero-order valence-corrected chi connectivity index (χ0v) is 11.2. The first-order valence-electron chi connectivity index (χ1n) is 6.13. The van der Waals surface area contributed by atoms with Gasteiger partial charge in [0.05, 0.1) is 11.2 Å². The van der Waals surface area contributed by atoms with Gasteiger partial charge < -0.3 is 4.90 Å². The van der Waals surface area contributed by atoms with Crippen molar-refractivity contribution >= 4 is 15.9 Å². The summed E-state index contributed by atoms with van der Waals surface area (Å²) < 4.78 is 25.7. The van der Waals surface area contributed by atoms with Crippen LogP contribution < -0.4 is 0 Å². The molecule has 2 fully saturated rings. The summed E-state index contributed by atoms with van der Waals surface area (Å²) in [4.78, 5) is 13.4. The largest absolute Gasteiger partial charge is 0.349 e. The van der Waals surface area contributed by atoms with Crippen LogP contribution in [0.1, 0.15) is 25.7 Å². The van der Waals surface area contributed by atoms with Crippen molar-refractivity contribution in [2.75, 3.05) is 27.2 Å². The van der Waals surface area contributed by atoms with Crippen LogP contribution in [0.4, 0.5) is 0 Å². The third kappa shape index (κ3) is 2.63. The lowest BCUT2D eigenvalue weighted by atomic mass is 9.98. The summed E-state index contributed by atoms with van der Waals surface area (Å²) in [7, 11) is 0.319. The van der Waals surface area contributed by atoms with Gasteiger partial charge in [-0.25, -0.2) is 12.7 Å². The fourth-order valence-electron chi connectivity index (χ4n) is 2.32. The van der Waals surface area contributed by atoms with Crippen LogP contribution in [-0.4, -0.2) is 56.0 Å². The lowest BCUT2D eigenvalue weighted by molar-refractivity contribution is -0.134. The molecule has 1 heterocycles. The fraction of sp³-hybridized carbons (Fsp3) is 0.909.